The van der Waals surface area contributed by atoms with Crippen molar-refractivity contribution in [1.29, 1.82) is 0 Å². The van der Waals surface area contributed by atoms with E-state index in [0.717, 1.165) is 6.42 Å². The third kappa shape index (κ3) is 2.57. The molecule has 1 aromatic carbocycles. The summed E-state index contributed by atoms with van der Waals surface area (Å²) in [5.74, 6) is 0.667. The third-order valence-electron chi connectivity index (χ3n) is 4.79. The largest absolute Gasteiger partial charge is 0.347 e. The van der Waals surface area contributed by atoms with Crippen LogP contribution in [0.1, 0.15) is 36.5 Å². The van der Waals surface area contributed by atoms with Crippen LogP contribution in [0.4, 0.5) is 0 Å². The second-order valence-corrected chi connectivity index (χ2v) is 6.29. The summed E-state index contributed by atoms with van der Waals surface area (Å²) in [5.41, 5.74) is 0.695. The summed E-state index contributed by atoms with van der Waals surface area (Å²) < 4.78 is 0. The molecule has 0 radical (unpaired) electrons. The van der Waals surface area contributed by atoms with E-state index in [1.165, 1.54) is 25.9 Å². The summed E-state index contributed by atoms with van der Waals surface area (Å²) in [5, 5.41) is 3.93. The molecular formula is C16H21ClN2O. The fourth-order valence-corrected chi connectivity index (χ4v) is 3.84. The van der Waals surface area contributed by atoms with Crippen molar-refractivity contribution >= 4 is 17.5 Å². The highest BCUT2D eigenvalue weighted by Crippen LogP contribution is 2.33. The highest BCUT2D eigenvalue weighted by atomic mass is 35.5. The van der Waals surface area contributed by atoms with Crippen molar-refractivity contribution in [3.63, 3.8) is 0 Å². The number of benzene rings is 1. The van der Waals surface area contributed by atoms with Gasteiger partial charge in [0.25, 0.3) is 5.91 Å². The van der Waals surface area contributed by atoms with Crippen LogP contribution in [-0.4, -0.2) is 36.0 Å². The number of halogens is 1. The van der Waals surface area contributed by atoms with Gasteiger partial charge >= 0.3 is 0 Å². The molecular weight excluding hydrogens is 272 g/mol. The number of fused-ring (bicyclic) bond motifs is 3. The molecule has 108 valence electrons. The Kier molecular flexibility index (Phi) is 3.99. The minimum Gasteiger partial charge on any atom is -0.347 e. The first kappa shape index (κ1) is 13.9. The minimum atomic E-state index is 0.0267. The Morgan fingerprint density at radius 1 is 1.30 bits per heavy atom. The molecule has 0 aromatic heterocycles. The Morgan fingerprint density at radius 3 is 2.55 bits per heavy atom. The molecule has 3 nitrogen and oxygen atoms in total. The first-order valence-corrected chi connectivity index (χ1v) is 7.87. The number of carbonyl (C=O) groups excluding carboxylic acids is 1. The van der Waals surface area contributed by atoms with Crippen molar-refractivity contribution in [2.75, 3.05) is 13.1 Å². The average molecular weight is 293 g/mol. The van der Waals surface area contributed by atoms with Gasteiger partial charge in [0.15, 0.2) is 0 Å². The highest BCUT2D eigenvalue weighted by molar-refractivity contribution is 6.30. The molecule has 4 heteroatoms. The molecule has 3 heterocycles. The zero-order chi connectivity index (χ0) is 14.1. The van der Waals surface area contributed by atoms with Crippen LogP contribution in [0, 0.1) is 5.92 Å². The number of amides is 1. The topological polar surface area (TPSA) is 32.3 Å². The van der Waals surface area contributed by atoms with Gasteiger partial charge in [0.05, 0.1) is 0 Å². The number of hydrogen-bond donors (Lipinski definition) is 1. The molecule has 3 aliphatic heterocycles. The third-order valence-corrected chi connectivity index (χ3v) is 5.04. The highest BCUT2D eigenvalue weighted by Gasteiger charge is 2.41. The van der Waals surface area contributed by atoms with E-state index in [0.29, 0.717) is 28.6 Å². The molecule has 2 unspecified atom stereocenters. The van der Waals surface area contributed by atoms with Crippen molar-refractivity contribution in [2.24, 2.45) is 5.92 Å². The van der Waals surface area contributed by atoms with Crippen molar-refractivity contribution in [2.45, 2.75) is 38.3 Å². The molecule has 0 saturated carbocycles. The van der Waals surface area contributed by atoms with E-state index in [1.54, 1.807) is 24.3 Å². The number of rotatable bonds is 3. The van der Waals surface area contributed by atoms with Crippen molar-refractivity contribution < 1.29 is 4.79 Å². The predicted molar refractivity (Wildman–Crippen MR) is 81.1 cm³/mol. The maximum atomic E-state index is 12.4. The summed E-state index contributed by atoms with van der Waals surface area (Å²) in [4.78, 5) is 14.9. The molecule has 2 atom stereocenters. The molecule has 2 bridgehead atoms. The Bertz CT molecular complexity index is 480. The zero-order valence-electron chi connectivity index (χ0n) is 11.8. The maximum absolute atomic E-state index is 12.4. The Balaban J connectivity index is 1.73. The van der Waals surface area contributed by atoms with E-state index in [9.17, 15) is 4.79 Å². The second-order valence-electron chi connectivity index (χ2n) is 5.86. The molecule has 3 saturated heterocycles. The fourth-order valence-electron chi connectivity index (χ4n) is 3.71. The van der Waals surface area contributed by atoms with Gasteiger partial charge in [0.1, 0.15) is 0 Å². The van der Waals surface area contributed by atoms with Crippen LogP contribution in [0.5, 0.6) is 0 Å². The van der Waals surface area contributed by atoms with E-state index >= 15 is 0 Å². The van der Waals surface area contributed by atoms with Crippen LogP contribution in [0.25, 0.3) is 0 Å². The molecule has 0 spiro atoms. The molecule has 3 fully saturated rings. The number of nitrogens with zero attached hydrogens (tertiary/aromatic N) is 1. The smallest absolute Gasteiger partial charge is 0.251 e. The number of nitrogens with one attached hydrogen (secondary N) is 1. The quantitative estimate of drug-likeness (QED) is 0.929. The molecule has 1 N–H and O–H groups in total. The van der Waals surface area contributed by atoms with E-state index in [4.69, 9.17) is 11.6 Å². The van der Waals surface area contributed by atoms with Crippen LogP contribution >= 0.6 is 11.6 Å². The normalized spacial score (nSPS) is 32.1. The summed E-state index contributed by atoms with van der Waals surface area (Å²) in [6.07, 6.45) is 3.52. The molecule has 1 aromatic rings. The predicted octanol–water partition coefficient (Wildman–Crippen LogP) is 2.94. The maximum Gasteiger partial charge on any atom is 0.251 e. The van der Waals surface area contributed by atoms with Gasteiger partial charge < -0.3 is 5.32 Å². The van der Waals surface area contributed by atoms with E-state index in [2.05, 4.69) is 17.1 Å². The van der Waals surface area contributed by atoms with E-state index in [-0.39, 0.29) is 5.91 Å². The molecule has 3 aliphatic rings. The lowest BCUT2D eigenvalue weighted by atomic mass is 9.77. The lowest BCUT2D eigenvalue weighted by Gasteiger charge is -2.51. The fraction of sp³-hybridized carbons (Fsp3) is 0.562. The van der Waals surface area contributed by atoms with E-state index in [1.807, 2.05) is 0 Å². The molecule has 1 amide bonds. The van der Waals surface area contributed by atoms with Crippen LogP contribution in [-0.2, 0) is 0 Å². The van der Waals surface area contributed by atoms with Gasteiger partial charge in [-0.2, -0.15) is 0 Å². The number of hydrogen-bond acceptors (Lipinski definition) is 2. The Labute approximate surface area is 125 Å². The SMILES string of the molecule is CCC1C(NC(=O)c2ccc(Cl)cc2)C2CCN1CC2. The van der Waals surface area contributed by atoms with Crippen molar-refractivity contribution in [3.05, 3.63) is 34.9 Å². The Morgan fingerprint density at radius 2 is 1.95 bits per heavy atom. The van der Waals surface area contributed by atoms with Gasteiger partial charge in [-0.05, 0) is 62.5 Å². The van der Waals surface area contributed by atoms with Gasteiger partial charge in [-0.15, -0.1) is 0 Å². The first-order chi connectivity index (χ1) is 9.69. The summed E-state index contributed by atoms with van der Waals surface area (Å²) in [6, 6.07) is 7.92. The average Bonchev–Trinajstić information content (AvgIpc) is 2.49. The van der Waals surface area contributed by atoms with Gasteiger partial charge in [0.2, 0.25) is 0 Å². The van der Waals surface area contributed by atoms with Crippen LogP contribution in [0.2, 0.25) is 5.02 Å². The molecule has 4 rings (SSSR count). The number of carbonyl (C=O) groups is 1. The minimum absolute atomic E-state index is 0.0267. The van der Waals surface area contributed by atoms with Crippen LogP contribution in [0.3, 0.4) is 0 Å². The van der Waals surface area contributed by atoms with Gasteiger partial charge in [-0.1, -0.05) is 18.5 Å². The second kappa shape index (κ2) is 5.74. The first-order valence-electron chi connectivity index (χ1n) is 7.49. The Hall–Kier alpha value is -1.06. The number of piperidine rings is 3. The van der Waals surface area contributed by atoms with Gasteiger partial charge in [0, 0.05) is 22.7 Å². The van der Waals surface area contributed by atoms with Gasteiger partial charge in [-0.3, -0.25) is 9.69 Å². The summed E-state index contributed by atoms with van der Waals surface area (Å²) >= 11 is 5.87. The monoisotopic (exact) mass is 292 g/mol. The van der Waals surface area contributed by atoms with E-state index < -0.39 is 0 Å². The van der Waals surface area contributed by atoms with Crippen molar-refractivity contribution in [1.82, 2.24) is 10.2 Å². The van der Waals surface area contributed by atoms with Crippen LogP contribution in [0.15, 0.2) is 24.3 Å². The summed E-state index contributed by atoms with van der Waals surface area (Å²) in [6.45, 7) is 4.60. The molecule has 20 heavy (non-hydrogen) atoms. The lowest BCUT2D eigenvalue weighted by molar-refractivity contribution is 0.0118. The lowest BCUT2D eigenvalue weighted by Crippen LogP contribution is -2.63. The summed E-state index contributed by atoms with van der Waals surface area (Å²) in [7, 11) is 0. The van der Waals surface area contributed by atoms with Gasteiger partial charge in [-0.25, -0.2) is 0 Å². The molecule has 0 aliphatic carbocycles. The van der Waals surface area contributed by atoms with Crippen LogP contribution < -0.4 is 5.32 Å². The standard InChI is InChI=1S/C16H21ClN2O/c1-2-14-15(11-7-9-19(14)10-8-11)18-16(20)12-3-5-13(17)6-4-12/h3-6,11,14-15H,2,7-10H2,1H3,(H,18,20). The van der Waals surface area contributed by atoms with Crippen molar-refractivity contribution in [3.8, 4) is 0 Å². The zero-order valence-corrected chi connectivity index (χ0v) is 12.6.